The predicted octanol–water partition coefficient (Wildman–Crippen LogP) is 2.99. The second kappa shape index (κ2) is 5.49. The number of hydrogen-bond acceptors (Lipinski definition) is 4. The zero-order chi connectivity index (χ0) is 13.9. The van der Waals surface area contributed by atoms with Gasteiger partial charge in [-0.3, -0.25) is 4.79 Å². The van der Waals surface area contributed by atoms with E-state index in [2.05, 4.69) is 4.90 Å². The smallest absolute Gasteiger partial charge is 0.349 e. The number of nitrogens with zero attached hydrogens (tertiary/aromatic N) is 1. The van der Waals surface area contributed by atoms with E-state index in [1.165, 1.54) is 12.8 Å². The molecule has 1 aromatic carbocycles. The van der Waals surface area contributed by atoms with E-state index >= 15 is 0 Å². The lowest BCUT2D eigenvalue weighted by molar-refractivity contribution is 0.112. The number of aldehydes is 1. The molecule has 1 aliphatic heterocycles. The van der Waals surface area contributed by atoms with Gasteiger partial charge in [0.15, 0.2) is 6.29 Å². The standard InChI is InChI=1S/C16H17NO3/c18-11-13-15(17-9-5-1-2-6-10-17)12-7-3-4-8-14(12)20-16(13)19/h3-4,7-8,11H,1-2,5-6,9-10H2. The van der Waals surface area contributed by atoms with Crippen LogP contribution in [0.1, 0.15) is 36.0 Å². The van der Waals surface area contributed by atoms with Crippen LogP contribution in [-0.4, -0.2) is 19.4 Å². The van der Waals surface area contributed by atoms with Gasteiger partial charge < -0.3 is 9.32 Å². The largest absolute Gasteiger partial charge is 0.422 e. The maximum Gasteiger partial charge on any atom is 0.349 e. The molecule has 0 saturated carbocycles. The number of benzene rings is 1. The third-order valence-corrected chi connectivity index (χ3v) is 3.86. The van der Waals surface area contributed by atoms with Crippen LogP contribution in [0.3, 0.4) is 0 Å². The molecule has 20 heavy (non-hydrogen) atoms. The number of hydrogen-bond donors (Lipinski definition) is 0. The first-order valence-electron chi connectivity index (χ1n) is 7.07. The van der Waals surface area contributed by atoms with Crippen molar-refractivity contribution in [2.45, 2.75) is 25.7 Å². The lowest BCUT2D eigenvalue weighted by Gasteiger charge is -2.24. The average molecular weight is 271 g/mol. The normalized spacial score (nSPS) is 16.1. The highest BCUT2D eigenvalue weighted by Gasteiger charge is 2.20. The molecule has 0 unspecified atom stereocenters. The molecule has 4 nitrogen and oxygen atoms in total. The summed E-state index contributed by atoms with van der Waals surface area (Å²) in [5, 5.41) is 0.844. The summed E-state index contributed by atoms with van der Waals surface area (Å²) in [6.45, 7) is 1.77. The Bertz CT molecular complexity index is 682. The Morgan fingerprint density at radius 2 is 1.75 bits per heavy atom. The van der Waals surface area contributed by atoms with Gasteiger partial charge in [-0.1, -0.05) is 25.0 Å². The molecule has 0 N–H and O–H groups in total. The summed E-state index contributed by atoms with van der Waals surface area (Å²) in [6.07, 6.45) is 5.21. The van der Waals surface area contributed by atoms with E-state index < -0.39 is 5.63 Å². The van der Waals surface area contributed by atoms with E-state index in [9.17, 15) is 9.59 Å². The van der Waals surface area contributed by atoms with Crippen LogP contribution in [0.2, 0.25) is 0 Å². The van der Waals surface area contributed by atoms with Crippen molar-refractivity contribution in [1.82, 2.24) is 0 Å². The Labute approximate surface area is 117 Å². The lowest BCUT2D eigenvalue weighted by atomic mass is 10.1. The van der Waals surface area contributed by atoms with Gasteiger partial charge in [-0.05, 0) is 25.0 Å². The molecule has 0 amide bonds. The van der Waals surface area contributed by atoms with Crippen LogP contribution in [0, 0.1) is 0 Å². The van der Waals surface area contributed by atoms with E-state index in [4.69, 9.17) is 4.42 Å². The van der Waals surface area contributed by atoms with Crippen LogP contribution < -0.4 is 10.5 Å². The van der Waals surface area contributed by atoms with Crippen molar-refractivity contribution >= 4 is 22.9 Å². The van der Waals surface area contributed by atoms with E-state index in [-0.39, 0.29) is 5.56 Å². The first-order chi connectivity index (χ1) is 9.81. The monoisotopic (exact) mass is 271 g/mol. The Balaban J connectivity index is 2.24. The Hall–Kier alpha value is -2.10. The third kappa shape index (κ3) is 2.22. The number of para-hydroxylation sites is 1. The SMILES string of the molecule is O=Cc1c(N2CCCCCC2)c2ccccc2oc1=O. The molecular formula is C16H17NO3. The first kappa shape index (κ1) is 12.9. The quantitative estimate of drug-likeness (QED) is 0.622. The summed E-state index contributed by atoms with van der Waals surface area (Å²) in [5.41, 5.74) is 0.889. The van der Waals surface area contributed by atoms with Crippen LogP contribution in [-0.2, 0) is 0 Å². The topological polar surface area (TPSA) is 50.5 Å². The van der Waals surface area contributed by atoms with Crippen LogP contribution in [0.4, 0.5) is 5.69 Å². The number of fused-ring (bicyclic) bond motifs is 1. The Morgan fingerprint density at radius 3 is 2.45 bits per heavy atom. The first-order valence-corrected chi connectivity index (χ1v) is 7.07. The molecule has 1 aromatic heterocycles. The highest BCUT2D eigenvalue weighted by Crippen LogP contribution is 2.29. The van der Waals surface area contributed by atoms with E-state index in [1.54, 1.807) is 6.07 Å². The van der Waals surface area contributed by atoms with Crippen molar-refractivity contribution in [2.75, 3.05) is 18.0 Å². The van der Waals surface area contributed by atoms with Gasteiger partial charge in [-0.2, -0.15) is 0 Å². The fourth-order valence-corrected chi connectivity index (χ4v) is 2.89. The van der Waals surface area contributed by atoms with Crippen molar-refractivity contribution in [3.8, 4) is 0 Å². The lowest BCUT2D eigenvalue weighted by Crippen LogP contribution is -2.27. The van der Waals surface area contributed by atoms with Crippen molar-refractivity contribution in [3.63, 3.8) is 0 Å². The third-order valence-electron chi connectivity index (χ3n) is 3.86. The Morgan fingerprint density at radius 1 is 1.05 bits per heavy atom. The van der Waals surface area contributed by atoms with Crippen molar-refractivity contribution in [3.05, 3.63) is 40.2 Å². The fraction of sp³-hybridized carbons (Fsp3) is 0.375. The van der Waals surface area contributed by atoms with Crippen LogP contribution in [0.5, 0.6) is 0 Å². The van der Waals surface area contributed by atoms with Gasteiger partial charge in [0.05, 0.1) is 5.69 Å². The van der Waals surface area contributed by atoms with Gasteiger partial charge in [-0.15, -0.1) is 0 Å². The molecule has 2 aromatic rings. The summed E-state index contributed by atoms with van der Waals surface area (Å²) in [5.74, 6) is 0. The highest BCUT2D eigenvalue weighted by molar-refractivity contribution is 5.99. The van der Waals surface area contributed by atoms with E-state index in [0.717, 1.165) is 37.0 Å². The van der Waals surface area contributed by atoms with Crippen LogP contribution in [0.25, 0.3) is 11.0 Å². The molecule has 104 valence electrons. The number of anilines is 1. The summed E-state index contributed by atoms with van der Waals surface area (Å²) in [6, 6.07) is 7.41. The summed E-state index contributed by atoms with van der Waals surface area (Å²) >= 11 is 0. The zero-order valence-corrected chi connectivity index (χ0v) is 11.3. The molecule has 1 saturated heterocycles. The maximum atomic E-state index is 12.0. The summed E-state index contributed by atoms with van der Waals surface area (Å²) < 4.78 is 5.23. The minimum atomic E-state index is -0.544. The summed E-state index contributed by atoms with van der Waals surface area (Å²) in [4.78, 5) is 25.5. The van der Waals surface area contributed by atoms with Gasteiger partial charge in [0.2, 0.25) is 0 Å². The molecule has 0 aliphatic carbocycles. The molecule has 4 heteroatoms. The van der Waals surface area contributed by atoms with Gasteiger partial charge in [0.1, 0.15) is 11.1 Å². The minimum absolute atomic E-state index is 0.144. The van der Waals surface area contributed by atoms with Crippen molar-refractivity contribution < 1.29 is 9.21 Å². The molecule has 3 rings (SSSR count). The van der Waals surface area contributed by atoms with Crippen molar-refractivity contribution in [1.29, 1.82) is 0 Å². The molecule has 0 spiro atoms. The van der Waals surface area contributed by atoms with E-state index in [0.29, 0.717) is 11.9 Å². The van der Waals surface area contributed by atoms with Gasteiger partial charge >= 0.3 is 5.63 Å². The molecule has 2 heterocycles. The number of carbonyl (C=O) groups is 1. The van der Waals surface area contributed by atoms with Gasteiger partial charge in [0, 0.05) is 18.5 Å². The number of carbonyl (C=O) groups excluding carboxylic acids is 1. The highest BCUT2D eigenvalue weighted by atomic mass is 16.4. The van der Waals surface area contributed by atoms with Crippen molar-refractivity contribution in [2.24, 2.45) is 0 Å². The molecule has 0 bridgehead atoms. The summed E-state index contributed by atoms with van der Waals surface area (Å²) in [7, 11) is 0. The van der Waals surface area contributed by atoms with Crippen LogP contribution >= 0.6 is 0 Å². The van der Waals surface area contributed by atoms with E-state index in [1.807, 2.05) is 18.2 Å². The second-order valence-electron chi connectivity index (χ2n) is 5.17. The van der Waals surface area contributed by atoms with Gasteiger partial charge in [-0.25, -0.2) is 4.79 Å². The molecule has 0 radical (unpaired) electrons. The Kier molecular flexibility index (Phi) is 3.54. The molecule has 1 fully saturated rings. The second-order valence-corrected chi connectivity index (χ2v) is 5.17. The van der Waals surface area contributed by atoms with Gasteiger partial charge in [0.25, 0.3) is 0 Å². The maximum absolute atomic E-state index is 12.0. The zero-order valence-electron chi connectivity index (χ0n) is 11.3. The molecule has 0 atom stereocenters. The molecular weight excluding hydrogens is 254 g/mol. The minimum Gasteiger partial charge on any atom is -0.422 e. The predicted molar refractivity (Wildman–Crippen MR) is 78.6 cm³/mol. The number of rotatable bonds is 2. The molecule has 1 aliphatic rings. The van der Waals surface area contributed by atoms with Crippen LogP contribution in [0.15, 0.2) is 33.5 Å². The average Bonchev–Trinajstić information content (AvgIpc) is 2.74. The fourth-order valence-electron chi connectivity index (χ4n) is 2.89.